The van der Waals surface area contributed by atoms with Crippen molar-refractivity contribution in [3.05, 3.63) is 65.2 Å². The van der Waals surface area contributed by atoms with Crippen molar-refractivity contribution in [2.24, 2.45) is 0 Å². The van der Waals surface area contributed by atoms with Crippen LogP contribution in [0.1, 0.15) is 36.1 Å². The first-order valence-electron chi connectivity index (χ1n) is 7.76. The Morgan fingerprint density at radius 3 is 2.23 bits per heavy atom. The molecule has 0 saturated heterocycles. The summed E-state index contributed by atoms with van der Waals surface area (Å²) in [6, 6.07) is 16.4. The van der Waals surface area contributed by atoms with Crippen LogP contribution >= 0.6 is 0 Å². The van der Waals surface area contributed by atoms with Crippen molar-refractivity contribution in [3.63, 3.8) is 0 Å². The highest BCUT2D eigenvalue weighted by atomic mass is 16.1. The van der Waals surface area contributed by atoms with Gasteiger partial charge in [0.15, 0.2) is 0 Å². The molecule has 0 aliphatic heterocycles. The van der Waals surface area contributed by atoms with Gasteiger partial charge in [-0.2, -0.15) is 0 Å². The lowest BCUT2D eigenvalue weighted by Crippen LogP contribution is -2.31. The van der Waals surface area contributed by atoms with E-state index in [1.807, 2.05) is 50.2 Å². The number of nitrogens with one attached hydrogen (secondary N) is 2. The van der Waals surface area contributed by atoms with Gasteiger partial charge in [0.1, 0.15) is 0 Å². The maximum atomic E-state index is 12.2. The van der Waals surface area contributed by atoms with Crippen LogP contribution in [0.2, 0.25) is 0 Å². The molecule has 22 heavy (non-hydrogen) atoms. The Bertz CT molecular complexity index is 602. The van der Waals surface area contributed by atoms with Crippen LogP contribution in [0.5, 0.6) is 0 Å². The van der Waals surface area contributed by atoms with Crippen molar-refractivity contribution in [1.29, 1.82) is 0 Å². The average molecular weight is 296 g/mol. The van der Waals surface area contributed by atoms with Gasteiger partial charge in [-0.1, -0.05) is 55.5 Å². The standard InChI is InChI=1S/C19H24N2O/c1-4-17(16-11-6-5-7-12-16)20-13-18(22)21-19-14(2)9-8-10-15(19)3/h5-12,17,20H,4,13H2,1-3H3,(H,21,22). The zero-order chi connectivity index (χ0) is 15.9. The van der Waals surface area contributed by atoms with Gasteiger partial charge in [0.2, 0.25) is 5.91 Å². The van der Waals surface area contributed by atoms with Gasteiger partial charge in [0, 0.05) is 11.7 Å². The Labute approximate surface area is 132 Å². The smallest absolute Gasteiger partial charge is 0.238 e. The highest BCUT2D eigenvalue weighted by Crippen LogP contribution is 2.19. The molecule has 0 aliphatic carbocycles. The van der Waals surface area contributed by atoms with Crippen molar-refractivity contribution in [1.82, 2.24) is 5.32 Å². The largest absolute Gasteiger partial charge is 0.324 e. The first-order chi connectivity index (χ1) is 10.6. The lowest BCUT2D eigenvalue weighted by Gasteiger charge is -2.18. The van der Waals surface area contributed by atoms with E-state index < -0.39 is 0 Å². The lowest BCUT2D eigenvalue weighted by atomic mass is 10.0. The van der Waals surface area contributed by atoms with Gasteiger partial charge in [-0.3, -0.25) is 4.79 Å². The molecule has 1 unspecified atom stereocenters. The minimum absolute atomic E-state index is 0.00761. The summed E-state index contributed by atoms with van der Waals surface area (Å²) in [5.41, 5.74) is 4.30. The van der Waals surface area contributed by atoms with Gasteiger partial charge in [-0.05, 0) is 37.0 Å². The zero-order valence-electron chi connectivity index (χ0n) is 13.5. The van der Waals surface area contributed by atoms with E-state index in [0.717, 1.165) is 23.2 Å². The average Bonchev–Trinajstić information content (AvgIpc) is 2.53. The van der Waals surface area contributed by atoms with E-state index in [1.165, 1.54) is 5.56 Å². The molecule has 3 heteroatoms. The molecule has 0 saturated carbocycles. The summed E-state index contributed by atoms with van der Waals surface area (Å²) in [5.74, 6) is -0.00761. The first-order valence-corrected chi connectivity index (χ1v) is 7.76. The number of para-hydroxylation sites is 1. The number of carbonyl (C=O) groups is 1. The summed E-state index contributed by atoms with van der Waals surface area (Å²) >= 11 is 0. The molecule has 0 heterocycles. The van der Waals surface area contributed by atoms with Gasteiger partial charge >= 0.3 is 0 Å². The number of anilines is 1. The van der Waals surface area contributed by atoms with Crippen molar-refractivity contribution in [3.8, 4) is 0 Å². The molecule has 116 valence electrons. The second kappa shape index (κ2) is 7.76. The fourth-order valence-electron chi connectivity index (χ4n) is 2.59. The molecule has 2 N–H and O–H groups in total. The van der Waals surface area contributed by atoms with Crippen LogP contribution in [-0.4, -0.2) is 12.5 Å². The van der Waals surface area contributed by atoms with Crippen molar-refractivity contribution >= 4 is 11.6 Å². The Kier molecular flexibility index (Phi) is 5.73. The Hall–Kier alpha value is -2.13. The van der Waals surface area contributed by atoms with E-state index in [2.05, 4.69) is 29.7 Å². The fraction of sp³-hybridized carbons (Fsp3) is 0.316. The van der Waals surface area contributed by atoms with Gasteiger partial charge in [0.05, 0.1) is 6.54 Å². The van der Waals surface area contributed by atoms with Crippen LogP contribution in [-0.2, 0) is 4.79 Å². The SMILES string of the molecule is CCC(NCC(=O)Nc1c(C)cccc1C)c1ccccc1. The van der Waals surface area contributed by atoms with Crippen molar-refractivity contribution in [2.75, 3.05) is 11.9 Å². The molecule has 0 fully saturated rings. The number of hydrogen-bond donors (Lipinski definition) is 2. The van der Waals surface area contributed by atoms with Crippen LogP contribution in [0.25, 0.3) is 0 Å². The summed E-state index contributed by atoms with van der Waals surface area (Å²) in [4.78, 5) is 12.2. The minimum atomic E-state index is -0.00761. The second-order valence-corrected chi connectivity index (χ2v) is 5.57. The topological polar surface area (TPSA) is 41.1 Å². The van der Waals surface area contributed by atoms with Crippen molar-refractivity contribution < 1.29 is 4.79 Å². The first kappa shape index (κ1) is 16.2. The quantitative estimate of drug-likeness (QED) is 0.846. The summed E-state index contributed by atoms with van der Waals surface area (Å²) in [7, 11) is 0. The summed E-state index contributed by atoms with van der Waals surface area (Å²) < 4.78 is 0. The Balaban J connectivity index is 1.95. The third-order valence-electron chi connectivity index (χ3n) is 3.86. The van der Waals surface area contributed by atoms with E-state index in [9.17, 15) is 4.79 Å². The second-order valence-electron chi connectivity index (χ2n) is 5.57. The predicted octanol–water partition coefficient (Wildman–Crippen LogP) is 3.98. The molecule has 2 aromatic rings. The summed E-state index contributed by atoms with van der Waals surface area (Å²) in [5, 5.41) is 6.34. The van der Waals surface area contributed by atoms with Gasteiger partial charge < -0.3 is 10.6 Å². The molecular formula is C19H24N2O. The van der Waals surface area contributed by atoms with Crippen LogP contribution in [0.4, 0.5) is 5.69 Å². The van der Waals surface area contributed by atoms with Crippen LogP contribution in [0.15, 0.2) is 48.5 Å². The summed E-state index contributed by atoms with van der Waals surface area (Å²) in [6.07, 6.45) is 0.945. The molecule has 1 amide bonds. The fourth-order valence-corrected chi connectivity index (χ4v) is 2.59. The third-order valence-corrected chi connectivity index (χ3v) is 3.86. The molecule has 2 aromatic carbocycles. The molecule has 1 atom stereocenters. The maximum absolute atomic E-state index is 12.2. The number of hydrogen-bond acceptors (Lipinski definition) is 2. The number of amides is 1. The Morgan fingerprint density at radius 2 is 1.64 bits per heavy atom. The number of benzene rings is 2. The van der Waals surface area contributed by atoms with Crippen molar-refractivity contribution in [2.45, 2.75) is 33.2 Å². The predicted molar refractivity (Wildman–Crippen MR) is 92.0 cm³/mol. The van der Waals surface area contributed by atoms with Crippen LogP contribution in [0, 0.1) is 13.8 Å². The van der Waals surface area contributed by atoms with Crippen LogP contribution in [0.3, 0.4) is 0 Å². The molecule has 2 rings (SSSR count). The normalized spacial score (nSPS) is 12.0. The molecular weight excluding hydrogens is 272 g/mol. The van der Waals surface area contributed by atoms with Gasteiger partial charge in [0.25, 0.3) is 0 Å². The van der Waals surface area contributed by atoms with E-state index in [1.54, 1.807) is 0 Å². The van der Waals surface area contributed by atoms with E-state index in [-0.39, 0.29) is 11.9 Å². The molecule has 0 spiro atoms. The zero-order valence-corrected chi connectivity index (χ0v) is 13.5. The molecule has 3 nitrogen and oxygen atoms in total. The molecule has 0 aromatic heterocycles. The highest BCUT2D eigenvalue weighted by Gasteiger charge is 2.11. The lowest BCUT2D eigenvalue weighted by molar-refractivity contribution is -0.115. The Morgan fingerprint density at radius 1 is 1.00 bits per heavy atom. The number of aryl methyl sites for hydroxylation is 2. The molecule has 0 aliphatic rings. The number of carbonyl (C=O) groups excluding carboxylic acids is 1. The maximum Gasteiger partial charge on any atom is 0.238 e. The monoisotopic (exact) mass is 296 g/mol. The highest BCUT2D eigenvalue weighted by molar-refractivity contribution is 5.93. The minimum Gasteiger partial charge on any atom is -0.324 e. The van der Waals surface area contributed by atoms with E-state index in [0.29, 0.717) is 6.54 Å². The van der Waals surface area contributed by atoms with Gasteiger partial charge in [-0.25, -0.2) is 0 Å². The van der Waals surface area contributed by atoms with Crippen LogP contribution < -0.4 is 10.6 Å². The van der Waals surface area contributed by atoms with E-state index >= 15 is 0 Å². The number of rotatable bonds is 6. The van der Waals surface area contributed by atoms with E-state index in [4.69, 9.17) is 0 Å². The third kappa shape index (κ3) is 4.18. The van der Waals surface area contributed by atoms with Gasteiger partial charge in [-0.15, -0.1) is 0 Å². The molecule has 0 bridgehead atoms. The summed E-state index contributed by atoms with van der Waals surface area (Å²) in [6.45, 7) is 6.44. The molecule has 0 radical (unpaired) electrons.